The first-order valence-corrected chi connectivity index (χ1v) is 9.79. The number of anilines is 1. The summed E-state index contributed by atoms with van der Waals surface area (Å²) >= 11 is 0. The highest BCUT2D eigenvalue weighted by Crippen LogP contribution is 2.28. The smallest absolute Gasteiger partial charge is 0.292 e. The molecule has 0 atom stereocenters. The van der Waals surface area contributed by atoms with Crippen molar-refractivity contribution in [2.24, 2.45) is 0 Å². The van der Waals surface area contributed by atoms with Gasteiger partial charge in [0.25, 0.3) is 11.8 Å². The maximum atomic E-state index is 13.2. The number of carbonyl (C=O) groups excluding carboxylic acids is 2. The first-order valence-electron chi connectivity index (χ1n) is 9.79. The van der Waals surface area contributed by atoms with Crippen LogP contribution in [0.3, 0.4) is 0 Å². The van der Waals surface area contributed by atoms with Gasteiger partial charge in [-0.15, -0.1) is 0 Å². The Kier molecular flexibility index (Phi) is 5.46. The SMILES string of the molecule is Cc1cccc(C(C)C)c1NC(=O)c1nc(C(=O)NC(C)(C)C)c2ccccn12. The van der Waals surface area contributed by atoms with E-state index in [0.29, 0.717) is 5.52 Å². The lowest BCUT2D eigenvalue weighted by Gasteiger charge is -2.19. The van der Waals surface area contributed by atoms with Crippen LogP contribution in [-0.4, -0.2) is 26.7 Å². The average Bonchev–Trinajstić information content (AvgIpc) is 3.01. The van der Waals surface area contributed by atoms with Crippen LogP contribution in [0.4, 0.5) is 5.69 Å². The molecular weight excluding hydrogens is 364 g/mol. The molecule has 152 valence electrons. The van der Waals surface area contributed by atoms with E-state index in [2.05, 4.69) is 29.5 Å². The van der Waals surface area contributed by atoms with Gasteiger partial charge in [0.2, 0.25) is 5.82 Å². The van der Waals surface area contributed by atoms with Gasteiger partial charge in [0.05, 0.1) is 5.52 Å². The molecule has 0 fully saturated rings. The van der Waals surface area contributed by atoms with Gasteiger partial charge < -0.3 is 10.6 Å². The number of aryl methyl sites for hydroxylation is 1. The summed E-state index contributed by atoms with van der Waals surface area (Å²) in [5.41, 5.74) is 3.26. The number of nitrogens with zero attached hydrogens (tertiary/aromatic N) is 2. The number of pyridine rings is 1. The van der Waals surface area contributed by atoms with Crippen molar-refractivity contribution in [1.29, 1.82) is 0 Å². The molecule has 0 unspecified atom stereocenters. The Morgan fingerprint density at radius 1 is 1.03 bits per heavy atom. The molecule has 2 heterocycles. The zero-order chi connectivity index (χ0) is 21.3. The highest BCUT2D eigenvalue weighted by atomic mass is 16.2. The van der Waals surface area contributed by atoms with Crippen LogP contribution in [0.2, 0.25) is 0 Å². The van der Waals surface area contributed by atoms with Gasteiger partial charge in [-0.3, -0.25) is 14.0 Å². The maximum Gasteiger partial charge on any atom is 0.292 e. The van der Waals surface area contributed by atoms with E-state index < -0.39 is 5.54 Å². The Labute approximate surface area is 171 Å². The molecule has 6 heteroatoms. The van der Waals surface area contributed by atoms with E-state index in [9.17, 15) is 9.59 Å². The average molecular weight is 393 g/mol. The topological polar surface area (TPSA) is 75.5 Å². The van der Waals surface area contributed by atoms with Gasteiger partial charge >= 0.3 is 0 Å². The summed E-state index contributed by atoms with van der Waals surface area (Å²) in [4.78, 5) is 30.3. The summed E-state index contributed by atoms with van der Waals surface area (Å²) in [5, 5.41) is 5.93. The molecule has 0 saturated heterocycles. The molecule has 0 aliphatic rings. The van der Waals surface area contributed by atoms with E-state index in [-0.39, 0.29) is 29.3 Å². The van der Waals surface area contributed by atoms with E-state index in [4.69, 9.17) is 0 Å². The highest BCUT2D eigenvalue weighted by Gasteiger charge is 2.25. The number of hydrogen-bond donors (Lipinski definition) is 2. The molecule has 1 aromatic carbocycles. The van der Waals surface area contributed by atoms with Crippen molar-refractivity contribution in [3.8, 4) is 0 Å². The van der Waals surface area contributed by atoms with Crippen LogP contribution in [0, 0.1) is 6.92 Å². The number of imidazole rings is 1. The summed E-state index contributed by atoms with van der Waals surface area (Å²) in [6, 6.07) is 11.4. The molecule has 29 heavy (non-hydrogen) atoms. The third-order valence-corrected chi connectivity index (χ3v) is 4.62. The van der Waals surface area contributed by atoms with Crippen LogP contribution in [0.15, 0.2) is 42.6 Å². The van der Waals surface area contributed by atoms with Crippen molar-refractivity contribution >= 4 is 23.0 Å². The lowest BCUT2D eigenvalue weighted by molar-refractivity contribution is 0.0916. The highest BCUT2D eigenvalue weighted by molar-refractivity contribution is 6.06. The Morgan fingerprint density at radius 3 is 2.41 bits per heavy atom. The fraction of sp³-hybridized carbons (Fsp3) is 0.348. The fourth-order valence-corrected chi connectivity index (χ4v) is 3.28. The molecule has 2 aromatic heterocycles. The van der Waals surface area contributed by atoms with Gasteiger partial charge in [0, 0.05) is 17.4 Å². The predicted molar refractivity (Wildman–Crippen MR) is 116 cm³/mol. The van der Waals surface area contributed by atoms with Crippen LogP contribution in [0.1, 0.15) is 72.8 Å². The molecule has 0 bridgehead atoms. The summed E-state index contributed by atoms with van der Waals surface area (Å²) in [6.45, 7) is 11.9. The van der Waals surface area contributed by atoms with Crippen molar-refractivity contribution in [1.82, 2.24) is 14.7 Å². The van der Waals surface area contributed by atoms with E-state index in [1.165, 1.54) is 0 Å². The lowest BCUT2D eigenvalue weighted by atomic mass is 9.98. The summed E-state index contributed by atoms with van der Waals surface area (Å²) in [6.07, 6.45) is 1.74. The third kappa shape index (κ3) is 4.31. The molecule has 0 aliphatic heterocycles. The van der Waals surface area contributed by atoms with Gasteiger partial charge in [-0.25, -0.2) is 4.98 Å². The molecule has 2 N–H and O–H groups in total. The van der Waals surface area contributed by atoms with Crippen molar-refractivity contribution < 1.29 is 9.59 Å². The molecular formula is C23H28N4O2. The second kappa shape index (κ2) is 7.70. The minimum absolute atomic E-state index is 0.178. The van der Waals surface area contributed by atoms with Gasteiger partial charge in [0.15, 0.2) is 5.69 Å². The van der Waals surface area contributed by atoms with Crippen LogP contribution in [0.25, 0.3) is 5.52 Å². The normalized spacial score (nSPS) is 11.7. The first-order chi connectivity index (χ1) is 13.6. The number of fused-ring (bicyclic) bond motifs is 1. The van der Waals surface area contributed by atoms with Crippen molar-refractivity contribution in [2.45, 2.75) is 53.0 Å². The van der Waals surface area contributed by atoms with Gasteiger partial charge in [-0.05, 0) is 56.9 Å². The third-order valence-electron chi connectivity index (χ3n) is 4.62. The standard InChI is InChI=1S/C23H28N4O2/c1-14(2)16-11-9-10-15(3)18(16)25-22(29)20-24-19(21(28)26-23(4,5)6)17-12-7-8-13-27(17)20/h7-14H,1-6H3,(H,25,29)(H,26,28). The molecule has 0 saturated carbocycles. The van der Waals surface area contributed by atoms with E-state index in [1.807, 2.05) is 58.0 Å². The number of hydrogen-bond acceptors (Lipinski definition) is 3. The maximum absolute atomic E-state index is 13.2. The van der Waals surface area contributed by atoms with Crippen molar-refractivity contribution in [3.05, 3.63) is 65.2 Å². The quantitative estimate of drug-likeness (QED) is 0.684. The minimum atomic E-state index is -0.405. The molecule has 2 amide bonds. The fourth-order valence-electron chi connectivity index (χ4n) is 3.28. The molecule has 0 aliphatic carbocycles. The molecule has 0 radical (unpaired) electrons. The Balaban J connectivity index is 2.03. The zero-order valence-electron chi connectivity index (χ0n) is 17.8. The van der Waals surface area contributed by atoms with E-state index in [0.717, 1.165) is 16.8 Å². The summed E-state index contributed by atoms with van der Waals surface area (Å²) < 4.78 is 1.65. The van der Waals surface area contributed by atoms with Crippen molar-refractivity contribution in [3.63, 3.8) is 0 Å². The number of carbonyl (C=O) groups is 2. The van der Waals surface area contributed by atoms with Crippen LogP contribution >= 0.6 is 0 Å². The van der Waals surface area contributed by atoms with E-state index >= 15 is 0 Å². The molecule has 6 nitrogen and oxygen atoms in total. The Hall–Kier alpha value is -3.15. The van der Waals surface area contributed by atoms with Crippen LogP contribution in [-0.2, 0) is 0 Å². The summed E-state index contributed by atoms with van der Waals surface area (Å²) in [5.74, 6) is -0.218. The predicted octanol–water partition coefficient (Wildman–Crippen LogP) is 4.55. The number of amides is 2. The monoisotopic (exact) mass is 392 g/mol. The second-order valence-electron chi connectivity index (χ2n) is 8.59. The summed E-state index contributed by atoms with van der Waals surface area (Å²) in [7, 11) is 0. The first kappa shape index (κ1) is 20.6. The van der Waals surface area contributed by atoms with Gasteiger partial charge in [0.1, 0.15) is 0 Å². The Morgan fingerprint density at radius 2 is 1.76 bits per heavy atom. The lowest BCUT2D eigenvalue weighted by Crippen LogP contribution is -2.40. The van der Waals surface area contributed by atoms with Crippen LogP contribution < -0.4 is 10.6 Å². The number of para-hydroxylation sites is 1. The van der Waals surface area contributed by atoms with Gasteiger partial charge in [-0.2, -0.15) is 0 Å². The van der Waals surface area contributed by atoms with E-state index in [1.54, 1.807) is 16.7 Å². The molecule has 3 rings (SSSR count). The minimum Gasteiger partial charge on any atom is -0.346 e. The van der Waals surface area contributed by atoms with Crippen molar-refractivity contribution in [2.75, 3.05) is 5.32 Å². The largest absolute Gasteiger partial charge is 0.346 e. The van der Waals surface area contributed by atoms with Gasteiger partial charge in [-0.1, -0.05) is 38.1 Å². The Bertz CT molecular complexity index is 1070. The molecule has 0 spiro atoms. The van der Waals surface area contributed by atoms with Crippen LogP contribution in [0.5, 0.6) is 0 Å². The second-order valence-corrected chi connectivity index (χ2v) is 8.59. The number of nitrogens with one attached hydrogen (secondary N) is 2. The number of benzene rings is 1. The number of rotatable bonds is 4. The number of aromatic nitrogens is 2. The zero-order valence-corrected chi connectivity index (χ0v) is 17.8. The molecule has 3 aromatic rings.